The lowest BCUT2D eigenvalue weighted by molar-refractivity contribution is -0.114. The van der Waals surface area contributed by atoms with Crippen LogP contribution in [-0.2, 0) is 4.74 Å². The molecule has 0 aliphatic heterocycles. The van der Waals surface area contributed by atoms with Gasteiger partial charge in [-0.25, -0.2) is 13.6 Å². The second-order valence-corrected chi connectivity index (χ2v) is 3.00. The number of carbonyl (C=O) groups is 1. The largest absolute Gasteiger partial charge is 0.453 e. The van der Waals surface area contributed by atoms with Crippen LogP contribution in [-0.4, -0.2) is 37.1 Å². The van der Waals surface area contributed by atoms with Crippen LogP contribution >= 0.6 is 0 Å². The van der Waals surface area contributed by atoms with E-state index in [2.05, 4.69) is 4.74 Å². The minimum Gasteiger partial charge on any atom is -0.453 e. The average Bonchev–Trinajstić information content (AvgIpc) is 1.97. The van der Waals surface area contributed by atoms with Crippen LogP contribution in [0.5, 0.6) is 0 Å². The first-order valence-electron chi connectivity index (χ1n) is 3.65. The molecule has 1 aliphatic carbocycles. The Morgan fingerprint density at radius 2 is 2.08 bits per heavy atom. The number of nitrogens with zero attached hydrogens (tertiary/aromatic N) is 1. The second-order valence-electron chi connectivity index (χ2n) is 3.00. The summed E-state index contributed by atoms with van der Waals surface area (Å²) in [5, 5.41) is 0. The summed E-state index contributed by atoms with van der Waals surface area (Å²) < 4.78 is 29.1. The molecule has 5 heteroatoms. The van der Waals surface area contributed by atoms with Crippen LogP contribution in [0.1, 0.15) is 12.8 Å². The molecule has 0 spiro atoms. The molecule has 70 valence electrons. The van der Waals surface area contributed by atoms with E-state index >= 15 is 0 Å². The van der Waals surface area contributed by atoms with E-state index in [-0.39, 0.29) is 18.9 Å². The molecule has 1 aliphatic rings. The van der Waals surface area contributed by atoms with E-state index in [1.165, 1.54) is 19.1 Å². The first-order valence-corrected chi connectivity index (χ1v) is 3.65. The lowest BCUT2D eigenvalue weighted by atomic mass is 9.87. The zero-order valence-electron chi connectivity index (χ0n) is 7.01. The van der Waals surface area contributed by atoms with E-state index in [1.807, 2.05) is 0 Å². The molecular weight excluding hydrogens is 168 g/mol. The fourth-order valence-corrected chi connectivity index (χ4v) is 1.20. The van der Waals surface area contributed by atoms with Gasteiger partial charge in [-0.1, -0.05) is 0 Å². The van der Waals surface area contributed by atoms with Crippen molar-refractivity contribution in [3.63, 3.8) is 0 Å². The van der Waals surface area contributed by atoms with Gasteiger partial charge in [0.25, 0.3) is 5.92 Å². The minimum atomic E-state index is -2.59. The number of alkyl halides is 2. The number of carbonyl (C=O) groups excluding carboxylic acids is 1. The maximum absolute atomic E-state index is 12.3. The van der Waals surface area contributed by atoms with E-state index in [1.54, 1.807) is 0 Å². The predicted molar refractivity (Wildman–Crippen MR) is 38.1 cm³/mol. The number of halogens is 2. The van der Waals surface area contributed by atoms with Crippen molar-refractivity contribution in [2.75, 3.05) is 14.2 Å². The summed E-state index contributed by atoms with van der Waals surface area (Å²) in [5.74, 6) is -2.59. The fourth-order valence-electron chi connectivity index (χ4n) is 1.20. The number of hydrogen-bond acceptors (Lipinski definition) is 2. The summed E-state index contributed by atoms with van der Waals surface area (Å²) in [5.41, 5.74) is 0. The highest BCUT2D eigenvalue weighted by Gasteiger charge is 2.48. The van der Waals surface area contributed by atoms with Crippen molar-refractivity contribution < 1.29 is 18.3 Å². The van der Waals surface area contributed by atoms with Crippen LogP contribution in [0.2, 0.25) is 0 Å². The first kappa shape index (κ1) is 9.22. The maximum Gasteiger partial charge on any atom is 0.409 e. The van der Waals surface area contributed by atoms with E-state index in [4.69, 9.17) is 0 Å². The van der Waals surface area contributed by atoms with E-state index in [9.17, 15) is 13.6 Å². The third-order valence-corrected chi connectivity index (χ3v) is 2.08. The lowest BCUT2D eigenvalue weighted by Gasteiger charge is -2.39. The van der Waals surface area contributed by atoms with Crippen molar-refractivity contribution in [2.24, 2.45) is 0 Å². The molecule has 0 atom stereocenters. The van der Waals surface area contributed by atoms with Crippen LogP contribution in [0.4, 0.5) is 13.6 Å². The van der Waals surface area contributed by atoms with Gasteiger partial charge in [0, 0.05) is 25.9 Å². The zero-order chi connectivity index (χ0) is 9.35. The van der Waals surface area contributed by atoms with Gasteiger partial charge in [-0.3, -0.25) is 0 Å². The number of ether oxygens (including phenoxy) is 1. The van der Waals surface area contributed by atoms with Crippen LogP contribution in [0, 0.1) is 0 Å². The molecular formula is C7H11F2NO2. The van der Waals surface area contributed by atoms with Gasteiger partial charge in [-0.2, -0.15) is 0 Å². The molecule has 3 nitrogen and oxygen atoms in total. The van der Waals surface area contributed by atoms with E-state index in [0.717, 1.165) is 0 Å². The summed E-state index contributed by atoms with van der Waals surface area (Å²) in [6.07, 6.45) is -1.06. The normalized spacial score (nSPS) is 21.3. The molecule has 0 radical (unpaired) electrons. The van der Waals surface area contributed by atoms with Gasteiger partial charge in [0.05, 0.1) is 7.11 Å². The zero-order valence-corrected chi connectivity index (χ0v) is 7.01. The Morgan fingerprint density at radius 3 is 2.42 bits per heavy atom. The molecule has 1 rings (SSSR count). The molecule has 1 fully saturated rings. The smallest absolute Gasteiger partial charge is 0.409 e. The van der Waals surface area contributed by atoms with Crippen LogP contribution in [0.3, 0.4) is 0 Å². The highest BCUT2D eigenvalue weighted by Crippen LogP contribution is 2.39. The van der Waals surface area contributed by atoms with Crippen molar-refractivity contribution in [1.29, 1.82) is 0 Å². The van der Waals surface area contributed by atoms with E-state index in [0.29, 0.717) is 0 Å². The van der Waals surface area contributed by atoms with Gasteiger partial charge < -0.3 is 9.64 Å². The Morgan fingerprint density at radius 1 is 1.58 bits per heavy atom. The summed E-state index contributed by atoms with van der Waals surface area (Å²) in [6, 6.07) is -0.368. The predicted octanol–water partition coefficient (Wildman–Crippen LogP) is 1.48. The molecule has 0 N–H and O–H groups in total. The van der Waals surface area contributed by atoms with Crippen LogP contribution in [0.15, 0.2) is 0 Å². The van der Waals surface area contributed by atoms with Crippen molar-refractivity contribution in [2.45, 2.75) is 24.8 Å². The van der Waals surface area contributed by atoms with Crippen LogP contribution < -0.4 is 0 Å². The molecule has 0 unspecified atom stereocenters. The Labute approximate surface area is 69.3 Å². The number of rotatable bonds is 1. The van der Waals surface area contributed by atoms with Crippen molar-refractivity contribution in [3.8, 4) is 0 Å². The quantitative estimate of drug-likeness (QED) is 0.610. The molecule has 12 heavy (non-hydrogen) atoms. The Kier molecular flexibility index (Phi) is 2.21. The fraction of sp³-hybridized carbons (Fsp3) is 0.857. The third kappa shape index (κ3) is 1.65. The van der Waals surface area contributed by atoms with Gasteiger partial charge >= 0.3 is 6.09 Å². The topological polar surface area (TPSA) is 29.5 Å². The van der Waals surface area contributed by atoms with Gasteiger partial charge in [0.1, 0.15) is 0 Å². The summed E-state index contributed by atoms with van der Waals surface area (Å²) >= 11 is 0. The van der Waals surface area contributed by atoms with Gasteiger partial charge in [0.15, 0.2) is 0 Å². The van der Waals surface area contributed by atoms with E-state index < -0.39 is 12.0 Å². The van der Waals surface area contributed by atoms with Gasteiger partial charge in [-0.05, 0) is 0 Å². The van der Waals surface area contributed by atoms with Crippen molar-refractivity contribution >= 4 is 6.09 Å². The average molecular weight is 179 g/mol. The monoisotopic (exact) mass is 179 g/mol. The molecule has 1 amide bonds. The molecule has 1 saturated carbocycles. The number of methoxy groups -OCH3 is 1. The standard InChI is InChI=1S/C7H11F2NO2/c1-10(6(11)12-2)5-3-7(8,9)4-5/h5H,3-4H2,1-2H3. The molecule has 0 aromatic heterocycles. The molecule has 0 bridgehead atoms. The molecule has 0 aromatic rings. The Hall–Kier alpha value is -0.870. The SMILES string of the molecule is COC(=O)N(C)C1CC(F)(F)C1. The second kappa shape index (κ2) is 2.88. The Bertz CT molecular complexity index is 188. The summed E-state index contributed by atoms with van der Waals surface area (Å²) in [6.45, 7) is 0. The van der Waals surface area contributed by atoms with Gasteiger partial charge in [-0.15, -0.1) is 0 Å². The molecule has 0 aromatic carbocycles. The Balaban J connectivity index is 2.38. The van der Waals surface area contributed by atoms with Gasteiger partial charge in [0.2, 0.25) is 0 Å². The van der Waals surface area contributed by atoms with Crippen molar-refractivity contribution in [1.82, 2.24) is 4.90 Å². The number of amides is 1. The lowest BCUT2D eigenvalue weighted by Crippen LogP contribution is -2.51. The highest BCUT2D eigenvalue weighted by atomic mass is 19.3. The first-order chi connectivity index (χ1) is 5.46. The summed E-state index contributed by atoms with van der Waals surface area (Å²) in [4.78, 5) is 12.0. The summed E-state index contributed by atoms with van der Waals surface area (Å²) in [7, 11) is 2.70. The third-order valence-electron chi connectivity index (χ3n) is 2.08. The minimum absolute atomic E-state index is 0.251. The van der Waals surface area contributed by atoms with Crippen molar-refractivity contribution in [3.05, 3.63) is 0 Å². The maximum atomic E-state index is 12.3. The van der Waals surface area contributed by atoms with Crippen LogP contribution in [0.25, 0.3) is 0 Å². The number of hydrogen-bond donors (Lipinski definition) is 0. The molecule has 0 heterocycles. The molecule has 0 saturated heterocycles. The highest BCUT2D eigenvalue weighted by molar-refractivity contribution is 5.67.